The number of fused-ring (bicyclic) bond motifs is 1. The highest BCUT2D eigenvalue weighted by Crippen LogP contribution is 2.23. The van der Waals surface area contributed by atoms with Crippen molar-refractivity contribution in [2.24, 2.45) is 0 Å². The van der Waals surface area contributed by atoms with Crippen LogP contribution >= 0.6 is 0 Å². The number of rotatable bonds is 5. The van der Waals surface area contributed by atoms with Gasteiger partial charge in [-0.25, -0.2) is 0 Å². The Morgan fingerprint density at radius 1 is 1.19 bits per heavy atom. The van der Waals surface area contributed by atoms with E-state index in [4.69, 9.17) is 4.74 Å². The van der Waals surface area contributed by atoms with Crippen LogP contribution in [0, 0.1) is 10.1 Å². The number of hydrogen-bond donors (Lipinski definition) is 1. The lowest BCUT2D eigenvalue weighted by Gasteiger charge is -2.12. The first-order chi connectivity index (χ1) is 12.5. The Balaban J connectivity index is 1.92. The number of benzene rings is 2. The largest absolute Gasteiger partial charge is 0.495 e. The second-order valence-electron chi connectivity index (χ2n) is 5.51. The Labute approximate surface area is 147 Å². The Hall–Kier alpha value is -3.68. The number of nitro groups is 1. The van der Waals surface area contributed by atoms with Crippen molar-refractivity contribution in [1.82, 2.24) is 4.57 Å². The zero-order chi connectivity index (χ0) is 18.7. The lowest BCUT2D eigenvalue weighted by molar-refractivity contribution is -0.384. The Bertz CT molecular complexity index is 1060. The first kappa shape index (κ1) is 17.2. The number of carbonyl (C=O) groups excluding carboxylic acids is 1. The Morgan fingerprint density at radius 2 is 1.96 bits per heavy atom. The molecule has 0 atom stereocenters. The average Bonchev–Trinajstić information content (AvgIpc) is 2.64. The van der Waals surface area contributed by atoms with Gasteiger partial charge in [0, 0.05) is 23.6 Å². The molecule has 0 fully saturated rings. The van der Waals surface area contributed by atoms with Crippen molar-refractivity contribution < 1.29 is 14.5 Å². The number of para-hydroxylation sites is 2. The van der Waals surface area contributed by atoms with Gasteiger partial charge in [0.2, 0.25) is 5.91 Å². The minimum atomic E-state index is -0.511. The summed E-state index contributed by atoms with van der Waals surface area (Å²) in [6.45, 7) is -0.230. The third-order valence-electron chi connectivity index (χ3n) is 3.87. The Kier molecular flexibility index (Phi) is 4.66. The van der Waals surface area contributed by atoms with Crippen molar-refractivity contribution in [2.45, 2.75) is 6.54 Å². The fraction of sp³-hybridized carbons (Fsp3) is 0.111. The molecule has 0 saturated carbocycles. The van der Waals surface area contributed by atoms with Crippen molar-refractivity contribution in [3.8, 4) is 5.75 Å². The van der Waals surface area contributed by atoms with Gasteiger partial charge in [-0.3, -0.25) is 24.3 Å². The topological polar surface area (TPSA) is 103 Å². The molecule has 3 aromatic rings. The summed E-state index contributed by atoms with van der Waals surface area (Å²) in [5, 5.41) is 14.1. The van der Waals surface area contributed by atoms with E-state index in [1.165, 1.54) is 42.0 Å². The van der Waals surface area contributed by atoms with Crippen LogP contribution in [0.15, 0.2) is 59.4 Å². The maximum absolute atomic E-state index is 12.4. The highest BCUT2D eigenvalue weighted by Gasteiger charge is 2.13. The predicted octanol–water partition coefficient (Wildman–Crippen LogP) is 2.56. The molecule has 0 spiro atoms. The number of aromatic nitrogens is 1. The SMILES string of the molecule is COc1ccccc1NC(=O)Cn1c(=O)ccc2cc([N+](=O)[O-])ccc21. The monoisotopic (exact) mass is 353 g/mol. The summed E-state index contributed by atoms with van der Waals surface area (Å²) in [7, 11) is 1.49. The summed E-state index contributed by atoms with van der Waals surface area (Å²) in [4.78, 5) is 35.0. The number of amides is 1. The molecule has 0 aliphatic rings. The summed E-state index contributed by atoms with van der Waals surface area (Å²) in [5.74, 6) is 0.0872. The smallest absolute Gasteiger partial charge is 0.270 e. The van der Waals surface area contributed by atoms with Crippen LogP contribution in [0.3, 0.4) is 0 Å². The van der Waals surface area contributed by atoms with Gasteiger partial charge < -0.3 is 10.1 Å². The molecule has 1 amide bonds. The van der Waals surface area contributed by atoms with Gasteiger partial charge in [0.05, 0.1) is 23.2 Å². The highest BCUT2D eigenvalue weighted by atomic mass is 16.6. The zero-order valence-corrected chi connectivity index (χ0v) is 13.8. The van der Waals surface area contributed by atoms with Crippen LogP contribution in [-0.2, 0) is 11.3 Å². The molecule has 0 saturated heterocycles. The summed E-state index contributed by atoms with van der Waals surface area (Å²) < 4.78 is 6.45. The molecule has 3 rings (SSSR count). The second-order valence-corrected chi connectivity index (χ2v) is 5.51. The van der Waals surface area contributed by atoms with Crippen LogP contribution in [0.1, 0.15) is 0 Å². The molecule has 0 aliphatic carbocycles. The number of methoxy groups -OCH3 is 1. The summed E-state index contributed by atoms with van der Waals surface area (Å²) in [6, 6.07) is 13.8. The molecule has 8 heteroatoms. The first-order valence-electron chi connectivity index (χ1n) is 7.70. The number of non-ortho nitro benzene ring substituents is 1. The number of pyridine rings is 1. The normalized spacial score (nSPS) is 10.5. The molecule has 2 aromatic carbocycles. The number of ether oxygens (including phenoxy) is 1. The van der Waals surface area contributed by atoms with E-state index in [1.54, 1.807) is 24.3 Å². The van der Waals surface area contributed by atoms with Crippen LogP contribution in [0.2, 0.25) is 0 Å². The molecule has 0 radical (unpaired) electrons. The lowest BCUT2D eigenvalue weighted by atomic mass is 10.2. The predicted molar refractivity (Wildman–Crippen MR) is 96.5 cm³/mol. The van der Waals surface area contributed by atoms with Crippen LogP contribution in [0.25, 0.3) is 10.9 Å². The van der Waals surface area contributed by atoms with Gasteiger partial charge in [-0.2, -0.15) is 0 Å². The minimum absolute atomic E-state index is 0.0822. The Morgan fingerprint density at radius 3 is 2.69 bits per heavy atom. The number of hydrogen-bond acceptors (Lipinski definition) is 5. The molecule has 1 aromatic heterocycles. The summed E-state index contributed by atoms with van der Waals surface area (Å²) in [6.07, 6.45) is 0. The lowest BCUT2D eigenvalue weighted by Crippen LogP contribution is -2.27. The minimum Gasteiger partial charge on any atom is -0.495 e. The third kappa shape index (κ3) is 3.39. The van der Waals surface area contributed by atoms with E-state index in [2.05, 4.69) is 5.32 Å². The molecule has 0 bridgehead atoms. The van der Waals surface area contributed by atoms with E-state index < -0.39 is 10.8 Å². The first-order valence-corrected chi connectivity index (χ1v) is 7.70. The fourth-order valence-electron chi connectivity index (χ4n) is 2.65. The van der Waals surface area contributed by atoms with Crippen molar-refractivity contribution in [3.05, 3.63) is 75.1 Å². The van der Waals surface area contributed by atoms with Crippen molar-refractivity contribution in [3.63, 3.8) is 0 Å². The second kappa shape index (κ2) is 7.06. The van der Waals surface area contributed by atoms with Crippen LogP contribution in [0.4, 0.5) is 11.4 Å². The van der Waals surface area contributed by atoms with Gasteiger partial charge >= 0.3 is 0 Å². The van der Waals surface area contributed by atoms with E-state index in [9.17, 15) is 19.7 Å². The van der Waals surface area contributed by atoms with Crippen molar-refractivity contribution in [1.29, 1.82) is 0 Å². The summed E-state index contributed by atoms with van der Waals surface area (Å²) in [5.41, 5.74) is 0.477. The van der Waals surface area contributed by atoms with E-state index >= 15 is 0 Å². The van der Waals surface area contributed by atoms with Crippen LogP contribution in [0.5, 0.6) is 5.75 Å². The molecule has 26 heavy (non-hydrogen) atoms. The number of nitrogens with one attached hydrogen (secondary N) is 1. The number of carbonyl (C=O) groups is 1. The zero-order valence-electron chi connectivity index (χ0n) is 13.8. The van der Waals surface area contributed by atoms with Gasteiger partial charge in [-0.05, 0) is 24.3 Å². The fourth-order valence-corrected chi connectivity index (χ4v) is 2.65. The van der Waals surface area contributed by atoms with E-state index in [-0.39, 0.29) is 17.8 Å². The van der Waals surface area contributed by atoms with Crippen LogP contribution < -0.4 is 15.6 Å². The van der Waals surface area contributed by atoms with Crippen LogP contribution in [-0.4, -0.2) is 22.5 Å². The van der Waals surface area contributed by atoms with Gasteiger partial charge in [0.1, 0.15) is 12.3 Å². The number of anilines is 1. The molecule has 132 valence electrons. The molecule has 1 N–H and O–H groups in total. The summed E-state index contributed by atoms with van der Waals surface area (Å²) >= 11 is 0. The molecule has 0 aliphatic heterocycles. The van der Waals surface area contributed by atoms with Gasteiger partial charge in [-0.15, -0.1) is 0 Å². The third-order valence-corrected chi connectivity index (χ3v) is 3.87. The van der Waals surface area contributed by atoms with Crippen molar-refractivity contribution in [2.75, 3.05) is 12.4 Å². The highest BCUT2D eigenvalue weighted by molar-refractivity contribution is 5.93. The maximum atomic E-state index is 12.4. The number of nitrogens with zero attached hydrogens (tertiary/aromatic N) is 2. The quantitative estimate of drug-likeness (QED) is 0.561. The molecule has 8 nitrogen and oxygen atoms in total. The number of nitro benzene ring substituents is 1. The standard InChI is InChI=1S/C18H15N3O5/c1-26-16-5-3-2-4-14(16)19-17(22)11-20-15-8-7-13(21(24)25)10-12(15)6-9-18(20)23/h2-10H,11H2,1H3,(H,19,22). The van der Waals surface area contributed by atoms with E-state index in [0.29, 0.717) is 22.3 Å². The van der Waals surface area contributed by atoms with Gasteiger partial charge in [0.15, 0.2) is 0 Å². The van der Waals surface area contributed by atoms with E-state index in [1.807, 2.05) is 0 Å². The van der Waals surface area contributed by atoms with Gasteiger partial charge in [-0.1, -0.05) is 12.1 Å². The molecular formula is C18H15N3O5. The molecule has 1 heterocycles. The van der Waals surface area contributed by atoms with Gasteiger partial charge in [0.25, 0.3) is 11.2 Å². The van der Waals surface area contributed by atoms with Crippen molar-refractivity contribution >= 4 is 28.2 Å². The maximum Gasteiger partial charge on any atom is 0.270 e. The average molecular weight is 353 g/mol. The van der Waals surface area contributed by atoms with E-state index in [0.717, 1.165) is 0 Å². The molecule has 0 unspecified atom stereocenters. The molecular weight excluding hydrogens is 338 g/mol.